The van der Waals surface area contributed by atoms with Crippen molar-refractivity contribution in [3.8, 4) is 11.3 Å². The Labute approximate surface area is 262 Å². The number of ketones is 1. The summed E-state index contributed by atoms with van der Waals surface area (Å²) in [6, 6.07) is 12.1. The van der Waals surface area contributed by atoms with E-state index in [2.05, 4.69) is 15.7 Å². The van der Waals surface area contributed by atoms with Gasteiger partial charge in [-0.3, -0.25) is 19.6 Å². The van der Waals surface area contributed by atoms with Gasteiger partial charge in [0.05, 0.1) is 46.5 Å². The van der Waals surface area contributed by atoms with Crippen LogP contribution in [0.15, 0.2) is 42.5 Å². The molecule has 0 radical (unpaired) electrons. The predicted molar refractivity (Wildman–Crippen MR) is 170 cm³/mol. The molecule has 4 rings (SSSR count). The lowest BCUT2D eigenvalue weighted by Crippen LogP contribution is -2.28. The van der Waals surface area contributed by atoms with Crippen LogP contribution in [0.3, 0.4) is 0 Å². The van der Waals surface area contributed by atoms with E-state index in [-0.39, 0.29) is 23.4 Å². The Morgan fingerprint density at radius 2 is 1.84 bits per heavy atom. The van der Waals surface area contributed by atoms with Gasteiger partial charge in [-0.15, -0.1) is 0 Å². The van der Waals surface area contributed by atoms with Gasteiger partial charge in [0.25, 0.3) is 0 Å². The van der Waals surface area contributed by atoms with E-state index in [0.29, 0.717) is 29.5 Å². The number of halogens is 1. The van der Waals surface area contributed by atoms with Gasteiger partial charge in [-0.05, 0) is 64.3 Å². The highest BCUT2D eigenvalue weighted by molar-refractivity contribution is 6.34. The number of carbonyl (C=O) groups excluding carboxylic acids is 3. The fourth-order valence-electron chi connectivity index (χ4n) is 4.71. The van der Waals surface area contributed by atoms with Crippen molar-refractivity contribution in [3.63, 3.8) is 0 Å². The van der Waals surface area contributed by atoms with Crippen LogP contribution in [-0.4, -0.2) is 60.2 Å². The molecule has 1 aliphatic rings. The second-order valence-electron chi connectivity index (χ2n) is 11.9. The Kier molecular flexibility index (Phi) is 10.7. The van der Waals surface area contributed by atoms with Crippen LogP contribution in [0.1, 0.15) is 62.5 Å². The number of ether oxygens (including phenoxy) is 3. The summed E-state index contributed by atoms with van der Waals surface area (Å²) in [6.45, 7) is 6.27. The molecule has 1 saturated heterocycles. The molecule has 0 spiro atoms. The van der Waals surface area contributed by atoms with Gasteiger partial charge in [-0.25, -0.2) is 4.79 Å². The third-order valence-corrected chi connectivity index (χ3v) is 7.07. The van der Waals surface area contributed by atoms with Gasteiger partial charge < -0.3 is 24.4 Å². The van der Waals surface area contributed by atoms with E-state index in [4.69, 9.17) is 25.8 Å². The van der Waals surface area contributed by atoms with Crippen LogP contribution in [0.25, 0.3) is 11.3 Å². The van der Waals surface area contributed by atoms with Crippen molar-refractivity contribution in [1.29, 1.82) is 0 Å². The lowest BCUT2D eigenvalue weighted by atomic mass is 10.0. The van der Waals surface area contributed by atoms with Crippen molar-refractivity contribution < 1.29 is 28.6 Å². The van der Waals surface area contributed by atoms with Gasteiger partial charge >= 0.3 is 6.09 Å². The number of benzene rings is 2. The zero-order valence-corrected chi connectivity index (χ0v) is 26.8. The van der Waals surface area contributed by atoms with Gasteiger partial charge in [-0.2, -0.15) is 5.10 Å². The number of Topliss-reactive ketones (excluding diaryl/α,β-unsaturated/α-hetero) is 1. The quantitative estimate of drug-likeness (QED) is 0.196. The molecule has 2 aromatic carbocycles. The van der Waals surface area contributed by atoms with Crippen LogP contribution in [0.4, 0.5) is 21.9 Å². The van der Waals surface area contributed by atoms with Crippen LogP contribution in [0.5, 0.6) is 0 Å². The van der Waals surface area contributed by atoms with Crippen molar-refractivity contribution in [2.24, 2.45) is 7.05 Å². The van der Waals surface area contributed by atoms with Gasteiger partial charge in [0.1, 0.15) is 5.60 Å². The molecule has 1 fully saturated rings. The molecule has 1 unspecified atom stereocenters. The summed E-state index contributed by atoms with van der Waals surface area (Å²) < 4.78 is 18.6. The molecule has 11 nitrogen and oxygen atoms in total. The Morgan fingerprint density at radius 3 is 2.52 bits per heavy atom. The van der Waals surface area contributed by atoms with Crippen LogP contribution in [0, 0.1) is 0 Å². The Morgan fingerprint density at radius 1 is 1.09 bits per heavy atom. The van der Waals surface area contributed by atoms with Gasteiger partial charge in [0, 0.05) is 38.9 Å². The topological polar surface area (TPSA) is 124 Å². The first-order chi connectivity index (χ1) is 20.8. The molecular weight excluding hydrogens is 586 g/mol. The van der Waals surface area contributed by atoms with Crippen molar-refractivity contribution in [3.05, 3.63) is 58.7 Å². The van der Waals surface area contributed by atoms with Gasteiger partial charge in [-0.1, -0.05) is 29.8 Å². The lowest BCUT2D eigenvalue weighted by Gasteiger charge is -2.22. The Bertz CT molecular complexity index is 1510. The molecule has 2 heterocycles. The number of hydrogen-bond acceptors (Lipinski definition) is 8. The third kappa shape index (κ3) is 9.04. The molecule has 12 heteroatoms. The van der Waals surface area contributed by atoms with E-state index in [9.17, 15) is 14.4 Å². The van der Waals surface area contributed by atoms with Crippen LogP contribution in [-0.2, 0) is 32.7 Å². The first-order valence-corrected chi connectivity index (χ1v) is 14.9. The second kappa shape index (κ2) is 14.2. The molecule has 44 heavy (non-hydrogen) atoms. The highest BCUT2D eigenvalue weighted by Gasteiger charge is 2.21. The van der Waals surface area contributed by atoms with Gasteiger partial charge in [0.2, 0.25) is 5.91 Å². The highest BCUT2D eigenvalue weighted by Crippen LogP contribution is 2.35. The molecule has 0 saturated carbocycles. The number of hydrogen-bond donors (Lipinski definition) is 2. The van der Waals surface area contributed by atoms with Crippen molar-refractivity contribution in [2.75, 3.05) is 36.2 Å². The molecular formula is C32H40ClN5O6. The maximum atomic E-state index is 13.2. The summed E-state index contributed by atoms with van der Waals surface area (Å²) in [5.74, 6) is -0.937. The average Bonchev–Trinajstić information content (AvgIpc) is 3.33. The monoisotopic (exact) mass is 625 g/mol. The fourth-order valence-corrected chi connectivity index (χ4v) is 5.04. The van der Waals surface area contributed by atoms with Crippen LogP contribution >= 0.6 is 11.6 Å². The van der Waals surface area contributed by atoms with E-state index in [1.807, 2.05) is 19.2 Å². The van der Waals surface area contributed by atoms with E-state index in [0.717, 1.165) is 36.2 Å². The number of aryl methyl sites for hydroxylation is 1. The normalized spacial score (nSPS) is 15.0. The molecule has 236 valence electrons. The van der Waals surface area contributed by atoms with E-state index in [1.54, 1.807) is 68.7 Å². The minimum atomic E-state index is -0.722. The summed E-state index contributed by atoms with van der Waals surface area (Å²) in [5.41, 5.74) is 3.13. The molecule has 1 aliphatic heterocycles. The zero-order chi connectivity index (χ0) is 32.0. The molecule has 0 aliphatic carbocycles. The third-order valence-electron chi connectivity index (χ3n) is 6.77. The Hall–Kier alpha value is -3.93. The SMILES string of the molecule is CN(C)c1cc(NC(=O)OC(C)(C)C)c(NC(=O)CC(=O)c2cccc(-c3cc(COC4CCCCO4)nn3C)c2)cc1Cl. The number of rotatable bonds is 10. The maximum absolute atomic E-state index is 13.2. The molecule has 1 aromatic heterocycles. The Balaban J connectivity index is 1.45. The standard InChI is InChI=1S/C32H40ClN5O6/c1-32(2,3)44-31(41)35-25-17-27(37(4)5)23(33)16-24(25)34-29(40)18-28(39)21-11-9-10-20(14-21)26-15-22(36-38(26)6)19-43-30-12-7-8-13-42-30/h9-11,14-17,30H,7-8,12-13,18-19H2,1-6H3,(H,34,40)(H,35,41). The van der Waals surface area contributed by atoms with Crippen molar-refractivity contribution >= 4 is 46.4 Å². The summed E-state index contributed by atoms with van der Waals surface area (Å²) >= 11 is 6.45. The zero-order valence-electron chi connectivity index (χ0n) is 26.0. The molecule has 2 amide bonds. The minimum absolute atomic E-state index is 0.215. The molecule has 3 aromatic rings. The van der Waals surface area contributed by atoms with E-state index >= 15 is 0 Å². The second-order valence-corrected chi connectivity index (χ2v) is 12.3. The average molecular weight is 626 g/mol. The van der Waals surface area contributed by atoms with Crippen LogP contribution in [0.2, 0.25) is 5.02 Å². The molecule has 0 bridgehead atoms. The van der Waals surface area contributed by atoms with Crippen molar-refractivity contribution in [1.82, 2.24) is 9.78 Å². The maximum Gasteiger partial charge on any atom is 0.412 e. The number of amides is 2. The fraction of sp³-hybridized carbons (Fsp3) is 0.438. The summed E-state index contributed by atoms with van der Waals surface area (Å²) in [4.78, 5) is 40.5. The molecule has 2 N–H and O–H groups in total. The van der Waals surface area contributed by atoms with Gasteiger partial charge in [0.15, 0.2) is 12.1 Å². The first-order valence-electron chi connectivity index (χ1n) is 14.5. The molecule has 1 atom stereocenters. The number of carbonyl (C=O) groups is 3. The van der Waals surface area contributed by atoms with E-state index in [1.165, 1.54) is 6.07 Å². The summed E-state index contributed by atoms with van der Waals surface area (Å²) in [6.07, 6.45) is 1.67. The highest BCUT2D eigenvalue weighted by atomic mass is 35.5. The summed E-state index contributed by atoms with van der Waals surface area (Å²) in [7, 11) is 5.43. The largest absolute Gasteiger partial charge is 0.444 e. The summed E-state index contributed by atoms with van der Waals surface area (Å²) in [5, 5.41) is 10.3. The number of anilines is 3. The van der Waals surface area contributed by atoms with Crippen LogP contribution < -0.4 is 15.5 Å². The number of nitrogens with zero attached hydrogens (tertiary/aromatic N) is 3. The number of nitrogens with one attached hydrogen (secondary N) is 2. The predicted octanol–water partition coefficient (Wildman–Crippen LogP) is 6.41. The number of aromatic nitrogens is 2. The van der Waals surface area contributed by atoms with E-state index < -0.39 is 24.0 Å². The lowest BCUT2D eigenvalue weighted by molar-refractivity contribution is -0.169. The minimum Gasteiger partial charge on any atom is -0.444 e. The first kappa shape index (κ1) is 33.0. The van der Waals surface area contributed by atoms with Crippen molar-refractivity contribution in [2.45, 2.75) is 65.0 Å². The smallest absolute Gasteiger partial charge is 0.412 e.